The second-order valence-electron chi connectivity index (χ2n) is 6.19. The number of ether oxygens (including phenoxy) is 1. The van der Waals surface area contributed by atoms with Crippen LogP contribution in [0.1, 0.15) is 44.9 Å². The molecule has 3 nitrogen and oxygen atoms in total. The molecule has 1 aliphatic carbocycles. The molecule has 1 saturated carbocycles. The van der Waals surface area contributed by atoms with Crippen molar-refractivity contribution in [2.75, 3.05) is 12.3 Å². The van der Waals surface area contributed by atoms with Crippen molar-refractivity contribution >= 4 is 28.1 Å². The van der Waals surface area contributed by atoms with Crippen molar-refractivity contribution < 1.29 is 8.95 Å². The predicted octanol–water partition coefficient (Wildman–Crippen LogP) is 3.91. The van der Waals surface area contributed by atoms with Gasteiger partial charge in [0.15, 0.2) is 0 Å². The van der Waals surface area contributed by atoms with E-state index in [1.807, 2.05) is 6.07 Å². The molecule has 2 unspecified atom stereocenters. The first-order chi connectivity index (χ1) is 10.1. The minimum atomic E-state index is -1.04. The summed E-state index contributed by atoms with van der Waals surface area (Å²) in [6.07, 6.45) is 7.75. The monoisotopic (exact) mass is 327 g/mol. The number of halogens is 1. The highest BCUT2D eigenvalue weighted by molar-refractivity contribution is 7.85. The molecule has 1 heterocycles. The molecule has 1 spiro atoms. The lowest BCUT2D eigenvalue weighted by Gasteiger charge is -2.43. The Balaban J connectivity index is 1.76. The molecule has 1 saturated heterocycles. The number of hydrogen-bond acceptors (Lipinski definition) is 3. The van der Waals surface area contributed by atoms with E-state index >= 15 is 0 Å². The van der Waals surface area contributed by atoms with Crippen molar-refractivity contribution in [3.8, 4) is 0 Å². The molecule has 2 N–H and O–H groups in total. The third-order valence-corrected chi connectivity index (χ3v) is 6.77. The van der Waals surface area contributed by atoms with Crippen LogP contribution in [-0.4, -0.2) is 21.7 Å². The summed E-state index contributed by atoms with van der Waals surface area (Å²) in [6, 6.07) is 5.32. The summed E-state index contributed by atoms with van der Waals surface area (Å²) in [5.74, 6) is 0. The van der Waals surface area contributed by atoms with Gasteiger partial charge in [-0.15, -0.1) is 0 Å². The molecule has 0 amide bonds. The van der Waals surface area contributed by atoms with Crippen molar-refractivity contribution in [3.05, 3.63) is 23.2 Å². The Labute approximate surface area is 133 Å². The van der Waals surface area contributed by atoms with E-state index in [1.165, 1.54) is 19.3 Å². The molecule has 1 aromatic rings. The summed E-state index contributed by atoms with van der Waals surface area (Å²) in [5.41, 5.74) is 6.24. The normalized spacial score (nSPS) is 26.6. The van der Waals surface area contributed by atoms with E-state index < -0.39 is 10.8 Å². The molecule has 5 heteroatoms. The van der Waals surface area contributed by atoms with Crippen LogP contribution in [0.15, 0.2) is 23.1 Å². The lowest BCUT2D eigenvalue weighted by molar-refractivity contribution is -0.0975. The maximum absolute atomic E-state index is 12.8. The minimum Gasteiger partial charge on any atom is -0.398 e. The first-order valence-corrected chi connectivity index (χ1v) is 9.28. The van der Waals surface area contributed by atoms with Crippen LogP contribution in [0, 0.1) is 0 Å². The Kier molecular flexibility index (Phi) is 4.57. The zero-order chi connectivity index (χ0) is 14.9. The van der Waals surface area contributed by atoms with Crippen molar-refractivity contribution in [3.63, 3.8) is 0 Å². The van der Waals surface area contributed by atoms with Crippen molar-refractivity contribution in [2.24, 2.45) is 0 Å². The zero-order valence-electron chi connectivity index (χ0n) is 12.1. The summed E-state index contributed by atoms with van der Waals surface area (Å²) < 4.78 is 18.9. The Bertz CT molecular complexity index is 538. The lowest BCUT2D eigenvalue weighted by atomic mass is 9.80. The van der Waals surface area contributed by atoms with E-state index in [1.54, 1.807) is 12.1 Å². The van der Waals surface area contributed by atoms with E-state index in [4.69, 9.17) is 22.1 Å². The average Bonchev–Trinajstić information content (AvgIpc) is 2.50. The molecule has 0 aromatic heterocycles. The van der Waals surface area contributed by atoms with Gasteiger partial charge in [-0.25, -0.2) is 0 Å². The Morgan fingerprint density at radius 3 is 2.76 bits per heavy atom. The van der Waals surface area contributed by atoms with Gasteiger partial charge in [-0.05, 0) is 43.9 Å². The Morgan fingerprint density at radius 1 is 1.29 bits per heavy atom. The highest BCUT2D eigenvalue weighted by Gasteiger charge is 2.40. The average molecular weight is 328 g/mol. The molecule has 21 heavy (non-hydrogen) atoms. The zero-order valence-corrected chi connectivity index (χ0v) is 13.7. The molecule has 3 rings (SSSR count). The van der Waals surface area contributed by atoms with Gasteiger partial charge in [-0.1, -0.05) is 30.9 Å². The predicted molar refractivity (Wildman–Crippen MR) is 87.1 cm³/mol. The smallest absolute Gasteiger partial charge is 0.0694 e. The first-order valence-electron chi connectivity index (χ1n) is 7.69. The third kappa shape index (κ3) is 3.27. The molecular weight excluding hydrogens is 306 g/mol. The molecular formula is C16H22ClNO2S. The molecule has 0 bridgehead atoms. The molecule has 2 fully saturated rings. The summed E-state index contributed by atoms with van der Waals surface area (Å²) in [5, 5.41) is 0.650. The summed E-state index contributed by atoms with van der Waals surface area (Å²) >= 11 is 6.05. The highest BCUT2D eigenvalue weighted by Crippen LogP contribution is 2.40. The third-order valence-electron chi connectivity index (χ3n) is 4.72. The fraction of sp³-hybridized carbons (Fsp3) is 0.625. The summed E-state index contributed by atoms with van der Waals surface area (Å²) in [4.78, 5) is 0.784. The molecule has 2 aliphatic rings. The van der Waals surface area contributed by atoms with Gasteiger partial charge in [-0.3, -0.25) is 4.21 Å². The molecule has 1 aliphatic heterocycles. The summed E-state index contributed by atoms with van der Waals surface area (Å²) in [7, 11) is -1.04. The highest BCUT2D eigenvalue weighted by atomic mass is 35.5. The van der Waals surface area contributed by atoms with Crippen LogP contribution < -0.4 is 5.73 Å². The maximum atomic E-state index is 12.8. The summed E-state index contributed by atoms with van der Waals surface area (Å²) in [6.45, 7) is 0.721. The second-order valence-corrected chi connectivity index (χ2v) is 8.33. The second kappa shape index (κ2) is 6.27. The number of hydrogen-bond donors (Lipinski definition) is 1. The van der Waals surface area contributed by atoms with Crippen LogP contribution in [0.5, 0.6) is 0 Å². The van der Waals surface area contributed by atoms with Gasteiger partial charge in [0.2, 0.25) is 0 Å². The quantitative estimate of drug-likeness (QED) is 0.838. The van der Waals surface area contributed by atoms with Crippen LogP contribution in [0.3, 0.4) is 0 Å². The SMILES string of the molecule is Nc1ccc(S(=O)C2CCOC3(CCCCC3)C2)cc1Cl. The van der Waals surface area contributed by atoms with Gasteiger partial charge in [-0.2, -0.15) is 0 Å². The maximum Gasteiger partial charge on any atom is 0.0694 e. The number of rotatable bonds is 2. The number of nitrogens with two attached hydrogens (primary N) is 1. The van der Waals surface area contributed by atoms with E-state index in [2.05, 4.69) is 0 Å². The van der Waals surface area contributed by atoms with E-state index in [-0.39, 0.29) is 10.9 Å². The van der Waals surface area contributed by atoms with Crippen LogP contribution in [0.4, 0.5) is 5.69 Å². The standard InChI is InChI=1S/C16H22ClNO2S/c17-14-10-12(4-5-15(14)18)21(19)13-6-9-20-16(11-13)7-2-1-3-8-16/h4-5,10,13H,1-3,6-9,11,18H2. The van der Waals surface area contributed by atoms with Crippen LogP contribution >= 0.6 is 11.6 Å². The van der Waals surface area contributed by atoms with Gasteiger partial charge in [0.05, 0.1) is 27.1 Å². The molecule has 1 aromatic carbocycles. The van der Waals surface area contributed by atoms with Crippen molar-refractivity contribution in [1.29, 1.82) is 0 Å². The lowest BCUT2D eigenvalue weighted by Crippen LogP contribution is -2.44. The van der Waals surface area contributed by atoms with Gasteiger partial charge in [0.25, 0.3) is 0 Å². The number of anilines is 1. The number of benzene rings is 1. The van der Waals surface area contributed by atoms with Crippen molar-refractivity contribution in [1.82, 2.24) is 0 Å². The van der Waals surface area contributed by atoms with Crippen molar-refractivity contribution in [2.45, 2.75) is 60.7 Å². The largest absolute Gasteiger partial charge is 0.398 e. The van der Waals surface area contributed by atoms with Crippen LogP contribution in [0.2, 0.25) is 5.02 Å². The first kappa shape index (κ1) is 15.3. The fourth-order valence-corrected chi connectivity index (χ4v) is 5.37. The Morgan fingerprint density at radius 2 is 2.05 bits per heavy atom. The van der Waals surface area contributed by atoms with Gasteiger partial charge >= 0.3 is 0 Å². The van der Waals surface area contributed by atoms with Gasteiger partial charge in [0, 0.05) is 16.8 Å². The van der Waals surface area contributed by atoms with E-state index in [9.17, 15) is 4.21 Å². The molecule has 116 valence electrons. The van der Waals surface area contributed by atoms with Gasteiger partial charge < -0.3 is 10.5 Å². The topological polar surface area (TPSA) is 52.3 Å². The van der Waals surface area contributed by atoms with Gasteiger partial charge in [0.1, 0.15) is 0 Å². The minimum absolute atomic E-state index is 0.0194. The number of nitrogen functional groups attached to an aromatic ring is 1. The molecule has 2 atom stereocenters. The van der Waals surface area contributed by atoms with E-state index in [0.29, 0.717) is 10.7 Å². The Hall–Kier alpha value is -0.580. The van der Waals surface area contributed by atoms with Crippen LogP contribution in [-0.2, 0) is 15.5 Å². The fourth-order valence-electron chi connectivity index (χ4n) is 3.54. The van der Waals surface area contributed by atoms with Crippen LogP contribution in [0.25, 0.3) is 0 Å². The van der Waals surface area contributed by atoms with E-state index in [0.717, 1.165) is 37.2 Å². The molecule has 0 radical (unpaired) electrons.